The average Bonchev–Trinajstić information content (AvgIpc) is 3.27. The fraction of sp³-hybridized carbons (Fsp3) is 0.0400. The van der Waals surface area contributed by atoms with E-state index in [0.29, 0.717) is 11.0 Å². The van der Waals surface area contributed by atoms with Gasteiger partial charge in [0.05, 0.1) is 28.0 Å². The third kappa shape index (κ3) is 3.80. The number of thioether (sulfide) groups is 1. The van der Waals surface area contributed by atoms with E-state index in [0.717, 1.165) is 33.2 Å². The van der Waals surface area contributed by atoms with E-state index in [9.17, 15) is 10.4 Å². The van der Waals surface area contributed by atoms with Crippen molar-refractivity contribution in [2.45, 2.75) is 5.16 Å². The van der Waals surface area contributed by atoms with E-state index in [1.54, 1.807) is 0 Å². The second-order valence-corrected chi connectivity index (χ2v) is 8.01. The highest BCUT2D eigenvalue weighted by Crippen LogP contribution is 2.29. The Labute approximate surface area is 188 Å². The molecule has 5 aromatic rings. The molecular formula is C25H17N5OS. The maximum absolute atomic E-state index is 10.7. The zero-order chi connectivity index (χ0) is 21.9. The number of benzene rings is 3. The Hall–Kier alpha value is -4.15. The molecule has 6 nitrogen and oxygen atoms in total. The van der Waals surface area contributed by atoms with Crippen LogP contribution in [0.1, 0.15) is 5.82 Å². The molecule has 0 bridgehead atoms. The molecule has 7 heteroatoms. The van der Waals surface area contributed by atoms with Crippen LogP contribution in [-0.4, -0.2) is 30.8 Å². The maximum Gasteiger partial charge on any atom is 0.189 e. The van der Waals surface area contributed by atoms with Crippen molar-refractivity contribution in [1.29, 1.82) is 5.26 Å². The summed E-state index contributed by atoms with van der Waals surface area (Å²) in [5, 5.41) is 21.8. The predicted octanol–water partition coefficient (Wildman–Crippen LogP) is 5.76. The molecule has 0 aliphatic carbocycles. The standard InChI is InChI=1S/C25H17N5OS/c26-14-18(24-27-20-12-6-7-13-21(20)28-24)22(31)15-32-25-29-19-11-5-4-10-17(19)23(30-25)16-8-2-1-3-9-16/h1-13,31H,15H2,(H,27,28). The Morgan fingerprint density at radius 3 is 2.38 bits per heavy atom. The van der Waals surface area contributed by atoms with E-state index in [1.165, 1.54) is 11.8 Å². The fourth-order valence-corrected chi connectivity index (χ4v) is 4.20. The third-order valence-electron chi connectivity index (χ3n) is 4.99. The summed E-state index contributed by atoms with van der Waals surface area (Å²) < 4.78 is 0. The van der Waals surface area contributed by atoms with Crippen molar-refractivity contribution in [3.05, 3.63) is 90.4 Å². The number of hydrogen-bond acceptors (Lipinski definition) is 6. The second kappa shape index (κ2) is 8.53. The number of nitriles is 1. The summed E-state index contributed by atoms with van der Waals surface area (Å²) in [5.74, 6) is 0.415. The van der Waals surface area contributed by atoms with Crippen molar-refractivity contribution in [2.75, 3.05) is 5.75 Å². The highest BCUT2D eigenvalue weighted by molar-refractivity contribution is 7.99. The van der Waals surface area contributed by atoms with E-state index in [4.69, 9.17) is 4.98 Å². The summed E-state index contributed by atoms with van der Waals surface area (Å²) in [5.41, 5.74) is 4.30. The van der Waals surface area contributed by atoms with Crippen molar-refractivity contribution >= 4 is 39.3 Å². The van der Waals surface area contributed by atoms with Crippen molar-refractivity contribution in [3.8, 4) is 17.3 Å². The summed E-state index contributed by atoms with van der Waals surface area (Å²) in [6, 6.07) is 27.3. The lowest BCUT2D eigenvalue weighted by molar-refractivity contribution is 0.420. The topological polar surface area (TPSA) is 98.5 Å². The van der Waals surface area contributed by atoms with Gasteiger partial charge in [-0.2, -0.15) is 5.26 Å². The summed E-state index contributed by atoms with van der Waals surface area (Å²) in [4.78, 5) is 16.9. The van der Waals surface area contributed by atoms with Gasteiger partial charge in [-0.05, 0) is 18.2 Å². The van der Waals surface area contributed by atoms with Gasteiger partial charge in [-0.1, -0.05) is 72.4 Å². The minimum absolute atomic E-state index is 0.0745. The van der Waals surface area contributed by atoms with Gasteiger partial charge in [-0.15, -0.1) is 0 Å². The van der Waals surface area contributed by atoms with Crippen molar-refractivity contribution in [2.24, 2.45) is 0 Å². The van der Waals surface area contributed by atoms with Gasteiger partial charge in [0.2, 0.25) is 0 Å². The van der Waals surface area contributed by atoms with Crippen LogP contribution in [0.15, 0.2) is 89.8 Å². The first-order valence-corrected chi connectivity index (χ1v) is 10.9. The number of hydrogen-bond donors (Lipinski definition) is 2. The molecule has 0 aliphatic rings. The Bertz CT molecular complexity index is 1470. The molecule has 0 unspecified atom stereocenters. The number of aromatic amines is 1. The monoisotopic (exact) mass is 435 g/mol. The van der Waals surface area contributed by atoms with Crippen LogP contribution in [-0.2, 0) is 0 Å². The molecule has 2 aromatic heterocycles. The molecule has 0 fully saturated rings. The normalized spacial score (nSPS) is 12.0. The molecule has 5 rings (SSSR count). The third-order valence-corrected chi connectivity index (χ3v) is 5.85. The van der Waals surface area contributed by atoms with E-state index in [2.05, 4.69) is 21.0 Å². The SMILES string of the molecule is N#CC(=C(O)CSc1nc(-c2ccccc2)c2ccccc2n1)c1nc2ccccc2[nH]1. The number of aromatic nitrogens is 4. The number of rotatable bonds is 5. The van der Waals surface area contributed by atoms with Gasteiger partial charge in [-0.3, -0.25) is 0 Å². The summed E-state index contributed by atoms with van der Waals surface area (Å²) >= 11 is 1.27. The summed E-state index contributed by atoms with van der Waals surface area (Å²) in [6.45, 7) is 0. The molecule has 0 saturated carbocycles. The number of nitrogens with zero attached hydrogens (tertiary/aromatic N) is 4. The number of fused-ring (bicyclic) bond motifs is 2. The second-order valence-electron chi connectivity index (χ2n) is 7.06. The molecule has 0 radical (unpaired) electrons. The predicted molar refractivity (Wildman–Crippen MR) is 127 cm³/mol. The van der Waals surface area contributed by atoms with Gasteiger partial charge in [0.15, 0.2) is 11.0 Å². The smallest absolute Gasteiger partial charge is 0.189 e. The van der Waals surface area contributed by atoms with Gasteiger partial charge in [0.25, 0.3) is 0 Å². The Balaban J connectivity index is 1.48. The number of aliphatic hydroxyl groups excluding tert-OH is 1. The van der Waals surface area contributed by atoms with Gasteiger partial charge in [0, 0.05) is 10.9 Å². The van der Waals surface area contributed by atoms with Crippen LogP contribution >= 0.6 is 11.8 Å². The van der Waals surface area contributed by atoms with E-state index < -0.39 is 0 Å². The van der Waals surface area contributed by atoms with Crippen LogP contribution in [0.3, 0.4) is 0 Å². The highest BCUT2D eigenvalue weighted by Gasteiger charge is 2.15. The molecule has 0 spiro atoms. The zero-order valence-electron chi connectivity index (χ0n) is 16.9. The van der Waals surface area contributed by atoms with Crippen LogP contribution in [0.25, 0.3) is 38.8 Å². The van der Waals surface area contributed by atoms with Crippen molar-refractivity contribution in [3.63, 3.8) is 0 Å². The lowest BCUT2D eigenvalue weighted by atomic mass is 10.1. The largest absolute Gasteiger partial charge is 0.510 e. The molecule has 2 heterocycles. The Morgan fingerprint density at radius 2 is 1.59 bits per heavy atom. The molecule has 32 heavy (non-hydrogen) atoms. The number of aliphatic hydroxyl groups is 1. The van der Waals surface area contributed by atoms with Crippen LogP contribution in [0.4, 0.5) is 0 Å². The van der Waals surface area contributed by atoms with Crippen LogP contribution in [0, 0.1) is 11.3 Å². The van der Waals surface area contributed by atoms with Crippen molar-refractivity contribution < 1.29 is 5.11 Å². The van der Waals surface area contributed by atoms with Gasteiger partial charge >= 0.3 is 0 Å². The molecule has 3 aromatic carbocycles. The van der Waals surface area contributed by atoms with Crippen molar-refractivity contribution in [1.82, 2.24) is 19.9 Å². The Morgan fingerprint density at radius 1 is 0.875 bits per heavy atom. The first-order chi connectivity index (χ1) is 15.7. The molecular weight excluding hydrogens is 418 g/mol. The van der Waals surface area contributed by atoms with E-state index in [1.807, 2.05) is 78.9 Å². The summed E-state index contributed by atoms with van der Waals surface area (Å²) in [7, 11) is 0. The number of para-hydroxylation sites is 3. The molecule has 0 aliphatic heterocycles. The van der Waals surface area contributed by atoms with Crippen LogP contribution in [0.2, 0.25) is 0 Å². The number of allylic oxidation sites excluding steroid dienone is 1. The zero-order valence-corrected chi connectivity index (χ0v) is 17.7. The maximum atomic E-state index is 10.7. The van der Waals surface area contributed by atoms with Crippen LogP contribution in [0.5, 0.6) is 0 Å². The lowest BCUT2D eigenvalue weighted by Crippen LogP contribution is -1.98. The molecule has 0 atom stereocenters. The summed E-state index contributed by atoms with van der Waals surface area (Å²) in [6.07, 6.45) is 0. The highest BCUT2D eigenvalue weighted by atomic mass is 32.2. The number of H-pyrrole nitrogens is 1. The molecule has 154 valence electrons. The minimum Gasteiger partial charge on any atom is -0.510 e. The molecule has 0 saturated heterocycles. The lowest BCUT2D eigenvalue weighted by Gasteiger charge is -2.09. The minimum atomic E-state index is -0.0745. The van der Waals surface area contributed by atoms with Gasteiger partial charge < -0.3 is 10.1 Å². The molecule has 2 N–H and O–H groups in total. The first kappa shape index (κ1) is 19.8. The average molecular weight is 436 g/mol. The number of nitrogens with one attached hydrogen (secondary N) is 1. The van der Waals surface area contributed by atoms with Gasteiger partial charge in [-0.25, -0.2) is 15.0 Å². The Kier molecular flexibility index (Phi) is 5.28. The fourth-order valence-electron chi connectivity index (χ4n) is 3.47. The van der Waals surface area contributed by atoms with E-state index >= 15 is 0 Å². The number of imidazole rings is 1. The van der Waals surface area contributed by atoms with Crippen LogP contribution < -0.4 is 0 Å². The first-order valence-electron chi connectivity index (χ1n) is 9.95. The quantitative estimate of drug-likeness (QED) is 0.158. The van der Waals surface area contributed by atoms with E-state index in [-0.39, 0.29) is 17.1 Å². The van der Waals surface area contributed by atoms with Gasteiger partial charge in [0.1, 0.15) is 17.4 Å². The molecule has 0 amide bonds.